The average Bonchev–Trinajstić information content (AvgIpc) is 2.81. The second-order valence-corrected chi connectivity index (χ2v) is 7.35. The van der Waals surface area contributed by atoms with Crippen LogP contribution in [0.1, 0.15) is 62.0 Å². The Morgan fingerprint density at radius 1 is 0.909 bits per heavy atom. The van der Waals surface area contributed by atoms with Crippen LogP contribution in [-0.2, 0) is 0 Å². The van der Waals surface area contributed by atoms with E-state index in [2.05, 4.69) is 76.2 Å². The van der Waals surface area contributed by atoms with E-state index in [1.54, 1.807) is 0 Å². The molecule has 0 bridgehead atoms. The highest BCUT2D eigenvalue weighted by atomic mass is 16.3. The van der Waals surface area contributed by atoms with Crippen LogP contribution in [0, 0.1) is 5.41 Å². The van der Waals surface area contributed by atoms with Crippen molar-refractivity contribution in [3.05, 3.63) is 76.4 Å². The van der Waals surface area contributed by atoms with E-state index in [4.69, 9.17) is 0 Å². The fourth-order valence-corrected chi connectivity index (χ4v) is 3.38. The summed E-state index contributed by atoms with van der Waals surface area (Å²) >= 11 is 0. The van der Waals surface area contributed by atoms with Crippen LogP contribution in [-0.4, -0.2) is 5.11 Å². The number of benzene rings is 2. The lowest BCUT2D eigenvalue weighted by atomic mass is 9.78. The third-order valence-corrected chi connectivity index (χ3v) is 4.57. The number of allylic oxidation sites excluding steroid dienone is 1. The summed E-state index contributed by atoms with van der Waals surface area (Å²) in [6.07, 6.45) is 1.80. The summed E-state index contributed by atoms with van der Waals surface area (Å²) in [4.78, 5) is 0. The van der Waals surface area contributed by atoms with E-state index >= 15 is 0 Å². The molecule has 2 atom stereocenters. The summed E-state index contributed by atoms with van der Waals surface area (Å²) in [5, 5.41) is 10.8. The minimum Gasteiger partial charge on any atom is -0.388 e. The number of hydrogen-bond donors (Lipinski definition) is 1. The van der Waals surface area contributed by atoms with Crippen molar-refractivity contribution in [2.45, 2.75) is 39.7 Å². The lowest BCUT2D eigenvalue weighted by Gasteiger charge is -2.30. The van der Waals surface area contributed by atoms with E-state index in [1.165, 1.54) is 22.3 Å². The van der Waals surface area contributed by atoms with Gasteiger partial charge in [0, 0.05) is 5.92 Å². The zero-order valence-electron chi connectivity index (χ0n) is 13.8. The van der Waals surface area contributed by atoms with E-state index in [9.17, 15) is 5.11 Å². The molecule has 1 nitrogen and oxygen atoms in total. The lowest BCUT2D eigenvalue weighted by Crippen LogP contribution is -2.20. The molecule has 0 aromatic heterocycles. The molecule has 2 unspecified atom stereocenters. The number of hydrogen-bond acceptors (Lipinski definition) is 1. The van der Waals surface area contributed by atoms with Crippen molar-refractivity contribution in [3.8, 4) is 0 Å². The molecule has 0 heterocycles. The SMILES string of the molecule is CC1=Cc2ccccc2C1c1ccccc1C(O)C(C)(C)C. The molecule has 1 aliphatic rings. The van der Waals surface area contributed by atoms with Crippen LogP contribution in [0.4, 0.5) is 0 Å². The Bertz CT molecular complexity index is 719. The molecule has 2 aromatic rings. The van der Waals surface area contributed by atoms with E-state index in [-0.39, 0.29) is 11.3 Å². The smallest absolute Gasteiger partial charge is 0.0841 e. The molecular formula is C21H24O. The maximum atomic E-state index is 10.8. The van der Waals surface area contributed by atoms with Crippen molar-refractivity contribution in [3.63, 3.8) is 0 Å². The Balaban J connectivity index is 2.13. The van der Waals surface area contributed by atoms with Crippen molar-refractivity contribution in [1.82, 2.24) is 0 Å². The molecule has 0 aliphatic heterocycles. The molecule has 2 aromatic carbocycles. The molecule has 1 aliphatic carbocycles. The highest BCUT2D eigenvalue weighted by Crippen LogP contribution is 2.45. The lowest BCUT2D eigenvalue weighted by molar-refractivity contribution is 0.0618. The minimum absolute atomic E-state index is 0.175. The molecule has 0 saturated carbocycles. The Morgan fingerprint density at radius 2 is 1.50 bits per heavy atom. The Hall–Kier alpha value is -1.86. The van der Waals surface area contributed by atoms with Gasteiger partial charge in [-0.05, 0) is 34.6 Å². The summed E-state index contributed by atoms with van der Waals surface area (Å²) in [7, 11) is 0. The highest BCUT2D eigenvalue weighted by Gasteiger charge is 2.31. The number of fused-ring (bicyclic) bond motifs is 1. The maximum absolute atomic E-state index is 10.8. The number of aliphatic hydroxyl groups is 1. The van der Waals surface area contributed by atoms with Crippen molar-refractivity contribution in [2.24, 2.45) is 5.41 Å². The van der Waals surface area contributed by atoms with Gasteiger partial charge in [0.15, 0.2) is 0 Å². The Morgan fingerprint density at radius 3 is 2.18 bits per heavy atom. The van der Waals surface area contributed by atoms with Gasteiger partial charge in [0.2, 0.25) is 0 Å². The molecule has 0 spiro atoms. The molecular weight excluding hydrogens is 268 g/mol. The summed E-state index contributed by atoms with van der Waals surface area (Å²) in [6, 6.07) is 16.9. The van der Waals surface area contributed by atoms with Crippen LogP contribution in [0.15, 0.2) is 54.1 Å². The van der Waals surface area contributed by atoms with Gasteiger partial charge < -0.3 is 5.11 Å². The first-order valence-corrected chi connectivity index (χ1v) is 7.93. The first-order chi connectivity index (χ1) is 10.4. The van der Waals surface area contributed by atoms with Gasteiger partial charge in [0.1, 0.15) is 0 Å². The summed E-state index contributed by atoms with van der Waals surface area (Å²) < 4.78 is 0. The number of rotatable bonds is 2. The predicted molar refractivity (Wildman–Crippen MR) is 92.8 cm³/mol. The zero-order chi connectivity index (χ0) is 15.9. The van der Waals surface area contributed by atoms with Crippen LogP contribution in [0.5, 0.6) is 0 Å². The molecule has 0 radical (unpaired) electrons. The van der Waals surface area contributed by atoms with E-state index in [0.717, 1.165) is 5.56 Å². The fourth-order valence-electron chi connectivity index (χ4n) is 3.38. The molecule has 0 amide bonds. The zero-order valence-corrected chi connectivity index (χ0v) is 13.8. The average molecular weight is 292 g/mol. The van der Waals surface area contributed by atoms with Gasteiger partial charge in [0.25, 0.3) is 0 Å². The van der Waals surface area contributed by atoms with Crippen molar-refractivity contribution >= 4 is 6.08 Å². The van der Waals surface area contributed by atoms with Crippen molar-refractivity contribution < 1.29 is 5.11 Å². The molecule has 0 fully saturated rings. The molecule has 0 saturated heterocycles. The van der Waals surface area contributed by atoms with Gasteiger partial charge in [-0.25, -0.2) is 0 Å². The number of aliphatic hydroxyl groups excluding tert-OH is 1. The van der Waals surface area contributed by atoms with Gasteiger partial charge in [-0.15, -0.1) is 0 Å². The van der Waals surface area contributed by atoms with Crippen molar-refractivity contribution in [1.29, 1.82) is 0 Å². The third kappa shape index (κ3) is 2.50. The van der Waals surface area contributed by atoms with Crippen LogP contribution >= 0.6 is 0 Å². The van der Waals surface area contributed by atoms with Gasteiger partial charge in [0.05, 0.1) is 6.10 Å². The Kier molecular flexibility index (Phi) is 3.70. The molecule has 22 heavy (non-hydrogen) atoms. The third-order valence-electron chi connectivity index (χ3n) is 4.57. The molecule has 3 rings (SSSR count). The largest absolute Gasteiger partial charge is 0.388 e. The van der Waals surface area contributed by atoms with E-state index < -0.39 is 6.10 Å². The van der Waals surface area contributed by atoms with E-state index in [1.807, 2.05) is 6.07 Å². The molecule has 114 valence electrons. The standard InChI is InChI=1S/C21H24O/c1-14-13-15-9-5-6-10-16(15)19(14)17-11-7-8-12-18(17)20(22)21(2,3)4/h5-13,19-20,22H,1-4H3. The van der Waals surface area contributed by atoms with Crippen LogP contribution in [0.2, 0.25) is 0 Å². The maximum Gasteiger partial charge on any atom is 0.0841 e. The fraction of sp³-hybridized carbons (Fsp3) is 0.333. The van der Waals surface area contributed by atoms with Gasteiger partial charge in [-0.2, -0.15) is 0 Å². The quantitative estimate of drug-likeness (QED) is 0.794. The topological polar surface area (TPSA) is 20.2 Å². The summed E-state index contributed by atoms with van der Waals surface area (Å²) in [5.41, 5.74) is 6.08. The molecule has 1 heteroatoms. The monoisotopic (exact) mass is 292 g/mol. The summed E-state index contributed by atoms with van der Waals surface area (Å²) in [6.45, 7) is 8.43. The Labute approximate surface area is 133 Å². The molecule has 1 N–H and O–H groups in total. The first kappa shape index (κ1) is 15.1. The van der Waals surface area contributed by atoms with Gasteiger partial charge >= 0.3 is 0 Å². The first-order valence-electron chi connectivity index (χ1n) is 7.93. The van der Waals surface area contributed by atoms with Gasteiger partial charge in [-0.1, -0.05) is 81.0 Å². The van der Waals surface area contributed by atoms with Crippen molar-refractivity contribution in [2.75, 3.05) is 0 Å². The van der Waals surface area contributed by atoms with Crippen LogP contribution in [0.3, 0.4) is 0 Å². The van der Waals surface area contributed by atoms with Crippen LogP contribution < -0.4 is 0 Å². The van der Waals surface area contributed by atoms with E-state index in [0.29, 0.717) is 0 Å². The predicted octanol–water partition coefficient (Wildman–Crippen LogP) is 5.31. The minimum atomic E-state index is -0.468. The second kappa shape index (κ2) is 5.40. The van der Waals surface area contributed by atoms with Crippen LogP contribution in [0.25, 0.3) is 6.08 Å². The normalized spacial score (nSPS) is 18.8. The highest BCUT2D eigenvalue weighted by molar-refractivity contribution is 5.69. The summed E-state index contributed by atoms with van der Waals surface area (Å²) in [5.74, 6) is 0.254. The van der Waals surface area contributed by atoms with Gasteiger partial charge in [-0.3, -0.25) is 0 Å². The second-order valence-electron chi connectivity index (χ2n) is 7.35.